The molecule has 14 heteroatoms. The molecule has 0 amide bonds. The van der Waals surface area contributed by atoms with E-state index in [1.54, 1.807) is 6.92 Å². The van der Waals surface area contributed by atoms with Gasteiger partial charge in [0.15, 0.2) is 18.9 Å². The third-order valence-corrected chi connectivity index (χ3v) is 5.94. The van der Waals surface area contributed by atoms with Crippen LogP contribution in [0.2, 0.25) is 0 Å². The Hall–Kier alpha value is -0.560. The highest BCUT2D eigenvalue weighted by Crippen LogP contribution is 2.32. The molecule has 0 aromatic carbocycles. The molecule has 32 heavy (non-hydrogen) atoms. The lowest BCUT2D eigenvalue weighted by atomic mass is 9.96. The molecule has 14 atom stereocenters. The van der Waals surface area contributed by atoms with Crippen LogP contribution in [0.25, 0.3) is 0 Å². The van der Waals surface area contributed by atoms with E-state index in [0.717, 1.165) is 0 Å². The molecule has 3 heterocycles. The van der Waals surface area contributed by atoms with E-state index in [1.807, 2.05) is 0 Å². The summed E-state index contributed by atoms with van der Waals surface area (Å²) in [6, 6.07) is 0. The summed E-state index contributed by atoms with van der Waals surface area (Å²) in [7, 11) is 0. The van der Waals surface area contributed by atoms with E-state index in [-0.39, 0.29) is 6.42 Å². The average Bonchev–Trinajstić information content (AvgIpc) is 2.76. The summed E-state index contributed by atoms with van der Waals surface area (Å²) >= 11 is 0. The summed E-state index contributed by atoms with van der Waals surface area (Å²) in [5, 5.41) is 89.9. The van der Waals surface area contributed by atoms with Crippen LogP contribution < -0.4 is 0 Å². The van der Waals surface area contributed by atoms with E-state index >= 15 is 0 Å². The minimum absolute atomic E-state index is 0.0879. The van der Waals surface area contributed by atoms with E-state index in [4.69, 9.17) is 23.7 Å². The van der Waals surface area contributed by atoms with Crippen LogP contribution >= 0.6 is 0 Å². The van der Waals surface area contributed by atoms with Crippen LogP contribution in [0.4, 0.5) is 0 Å². The lowest BCUT2D eigenvalue weighted by molar-refractivity contribution is -0.382. The Kier molecular flexibility index (Phi) is 8.79. The van der Waals surface area contributed by atoms with Gasteiger partial charge in [0.25, 0.3) is 0 Å². The van der Waals surface area contributed by atoms with Crippen LogP contribution in [0.1, 0.15) is 13.3 Å². The predicted molar refractivity (Wildman–Crippen MR) is 98.5 cm³/mol. The maximum atomic E-state index is 10.6. The van der Waals surface area contributed by atoms with Gasteiger partial charge in [-0.3, -0.25) is 0 Å². The van der Waals surface area contributed by atoms with Crippen molar-refractivity contribution in [1.82, 2.24) is 0 Å². The minimum Gasteiger partial charge on any atom is -0.394 e. The van der Waals surface area contributed by atoms with Crippen LogP contribution in [0.15, 0.2) is 0 Å². The molecule has 0 aromatic heterocycles. The third kappa shape index (κ3) is 5.24. The summed E-state index contributed by atoms with van der Waals surface area (Å²) < 4.78 is 27.0. The molecule has 3 fully saturated rings. The van der Waals surface area contributed by atoms with Crippen molar-refractivity contribution < 1.29 is 69.6 Å². The first kappa shape index (κ1) is 26.1. The van der Waals surface area contributed by atoms with Crippen molar-refractivity contribution in [1.29, 1.82) is 0 Å². The Morgan fingerprint density at radius 2 is 1.25 bits per heavy atom. The molecule has 14 nitrogen and oxygen atoms in total. The van der Waals surface area contributed by atoms with Crippen LogP contribution in [-0.4, -0.2) is 145 Å². The molecule has 188 valence electrons. The van der Waals surface area contributed by atoms with Crippen LogP contribution in [-0.2, 0) is 23.7 Å². The van der Waals surface area contributed by atoms with E-state index in [1.165, 1.54) is 0 Å². The van der Waals surface area contributed by atoms with Gasteiger partial charge in [-0.2, -0.15) is 0 Å². The highest BCUT2D eigenvalue weighted by molar-refractivity contribution is 4.95. The molecule has 0 bridgehead atoms. The Labute approximate surface area is 183 Å². The van der Waals surface area contributed by atoms with Gasteiger partial charge >= 0.3 is 0 Å². The smallest absolute Gasteiger partial charge is 0.187 e. The maximum Gasteiger partial charge on any atom is 0.187 e. The molecule has 3 rings (SSSR count). The van der Waals surface area contributed by atoms with E-state index in [2.05, 4.69) is 0 Å². The molecule has 3 aliphatic heterocycles. The highest BCUT2D eigenvalue weighted by atomic mass is 16.8. The van der Waals surface area contributed by atoms with Crippen LogP contribution in [0.3, 0.4) is 0 Å². The average molecular weight is 472 g/mol. The summed E-state index contributed by atoms with van der Waals surface area (Å²) in [5.74, 6) is 0. The molecule has 0 unspecified atom stereocenters. The van der Waals surface area contributed by atoms with Crippen molar-refractivity contribution in [2.45, 2.75) is 99.4 Å². The second kappa shape index (κ2) is 10.8. The van der Waals surface area contributed by atoms with Gasteiger partial charge in [-0.25, -0.2) is 0 Å². The zero-order valence-corrected chi connectivity index (χ0v) is 17.3. The number of ether oxygens (including phenoxy) is 5. The standard InChI is InChI=1S/C18H32O14/c1-5-6(21)2-7(22)17(28-5)31-14-11(24)9(4-20)29-16(27)15(14)32-18-13(26)12(25)10(23)8(3-19)30-18/h5-27H,2-4H2,1H3/t5-,6-,7-,8+,9+,10-,11+,12-,13+,14-,15-,16-,17-,18+/m0/s1. The maximum absolute atomic E-state index is 10.6. The quantitative estimate of drug-likeness (QED) is 0.176. The lowest BCUT2D eigenvalue weighted by Crippen LogP contribution is -2.65. The molecular weight excluding hydrogens is 440 g/mol. The Balaban J connectivity index is 1.79. The molecule has 3 aliphatic rings. The summed E-state index contributed by atoms with van der Waals surface area (Å²) in [6.45, 7) is 0.126. The number of rotatable bonds is 6. The summed E-state index contributed by atoms with van der Waals surface area (Å²) in [6.07, 6.45) is -20.4. The largest absolute Gasteiger partial charge is 0.394 e. The molecule has 0 spiro atoms. The summed E-state index contributed by atoms with van der Waals surface area (Å²) in [4.78, 5) is 0. The van der Waals surface area contributed by atoms with Crippen molar-refractivity contribution in [2.75, 3.05) is 13.2 Å². The first-order valence-electron chi connectivity index (χ1n) is 10.3. The lowest BCUT2D eigenvalue weighted by Gasteiger charge is -2.47. The molecular formula is C18H32O14. The van der Waals surface area contributed by atoms with Gasteiger partial charge in [0, 0.05) is 6.42 Å². The monoisotopic (exact) mass is 472 g/mol. The van der Waals surface area contributed by atoms with Gasteiger partial charge in [0.1, 0.15) is 54.9 Å². The highest BCUT2D eigenvalue weighted by Gasteiger charge is 2.52. The van der Waals surface area contributed by atoms with Crippen molar-refractivity contribution >= 4 is 0 Å². The van der Waals surface area contributed by atoms with Crippen molar-refractivity contribution in [3.63, 3.8) is 0 Å². The zero-order valence-electron chi connectivity index (χ0n) is 17.3. The minimum atomic E-state index is -1.82. The first-order chi connectivity index (χ1) is 15.1. The molecule has 9 N–H and O–H groups in total. The fourth-order valence-electron chi connectivity index (χ4n) is 3.91. The molecule has 0 saturated carbocycles. The first-order valence-corrected chi connectivity index (χ1v) is 10.3. The normalized spacial score (nSPS) is 52.7. The SMILES string of the molecule is C[C@@H]1O[C@@H](O[C@H]2[C@H](O)[C@@H](CO)O[C@H](O)[C@H]2O[C@H]2O[C@H](CO)[C@H](O)[C@H](O)[C@H]2O)[C@@H](O)C[C@@H]1O. The number of aliphatic hydroxyl groups is 9. The van der Waals surface area contributed by atoms with E-state index < -0.39 is 99.2 Å². The van der Waals surface area contributed by atoms with Gasteiger partial charge in [-0.1, -0.05) is 0 Å². The fraction of sp³-hybridized carbons (Fsp3) is 1.00. The van der Waals surface area contributed by atoms with Crippen molar-refractivity contribution in [3.05, 3.63) is 0 Å². The second-order valence-corrected chi connectivity index (χ2v) is 8.22. The zero-order chi connectivity index (χ0) is 23.7. The second-order valence-electron chi connectivity index (χ2n) is 8.22. The Morgan fingerprint density at radius 1 is 0.656 bits per heavy atom. The number of aliphatic hydroxyl groups excluding tert-OH is 9. The van der Waals surface area contributed by atoms with E-state index in [9.17, 15) is 46.0 Å². The number of hydrogen-bond acceptors (Lipinski definition) is 14. The number of hydrogen-bond donors (Lipinski definition) is 9. The Morgan fingerprint density at radius 3 is 1.88 bits per heavy atom. The van der Waals surface area contributed by atoms with Gasteiger partial charge in [0.2, 0.25) is 0 Å². The predicted octanol–water partition coefficient (Wildman–Crippen LogP) is -5.52. The van der Waals surface area contributed by atoms with E-state index in [0.29, 0.717) is 0 Å². The van der Waals surface area contributed by atoms with Crippen molar-refractivity contribution in [2.24, 2.45) is 0 Å². The third-order valence-electron chi connectivity index (χ3n) is 5.94. The van der Waals surface area contributed by atoms with Gasteiger partial charge in [-0.05, 0) is 6.92 Å². The van der Waals surface area contributed by atoms with Gasteiger partial charge in [-0.15, -0.1) is 0 Å². The molecule has 0 radical (unpaired) electrons. The van der Waals surface area contributed by atoms with Crippen LogP contribution in [0, 0.1) is 0 Å². The molecule has 0 aromatic rings. The molecule has 3 saturated heterocycles. The topological polar surface area (TPSA) is 228 Å². The van der Waals surface area contributed by atoms with Crippen LogP contribution in [0.5, 0.6) is 0 Å². The van der Waals surface area contributed by atoms with Gasteiger partial charge < -0.3 is 69.6 Å². The summed E-state index contributed by atoms with van der Waals surface area (Å²) in [5.41, 5.74) is 0. The van der Waals surface area contributed by atoms with Gasteiger partial charge in [0.05, 0.1) is 25.4 Å². The molecule has 0 aliphatic carbocycles. The fourth-order valence-corrected chi connectivity index (χ4v) is 3.91. The Bertz CT molecular complexity index is 594. The van der Waals surface area contributed by atoms with Crippen molar-refractivity contribution in [3.8, 4) is 0 Å².